The summed E-state index contributed by atoms with van der Waals surface area (Å²) < 4.78 is 27.1. The number of sulfonamides is 1. The molecule has 18 heavy (non-hydrogen) atoms. The average Bonchev–Trinajstić information content (AvgIpc) is 2.81. The Morgan fingerprint density at radius 3 is 2.89 bits per heavy atom. The third kappa shape index (κ3) is 3.04. The molecule has 0 aromatic carbocycles. The van der Waals surface area contributed by atoms with Gasteiger partial charge in [0.25, 0.3) is 0 Å². The molecule has 0 amide bonds. The van der Waals surface area contributed by atoms with Gasteiger partial charge in [0.1, 0.15) is 12.1 Å². The van der Waals surface area contributed by atoms with Crippen molar-refractivity contribution in [3.63, 3.8) is 0 Å². The highest BCUT2D eigenvalue weighted by Crippen LogP contribution is 2.09. The van der Waals surface area contributed by atoms with E-state index in [-0.39, 0.29) is 11.6 Å². The van der Waals surface area contributed by atoms with Crippen molar-refractivity contribution in [1.29, 1.82) is 0 Å². The van der Waals surface area contributed by atoms with Gasteiger partial charge in [-0.1, -0.05) is 6.92 Å². The molecule has 0 bridgehead atoms. The molecular formula is C10H13N5O2S. The predicted molar refractivity (Wildman–Crippen MR) is 66.9 cm³/mol. The highest BCUT2D eigenvalue weighted by molar-refractivity contribution is 7.92. The lowest BCUT2D eigenvalue weighted by Crippen LogP contribution is -2.17. The van der Waals surface area contributed by atoms with Crippen LogP contribution in [0.1, 0.15) is 13.3 Å². The normalized spacial score (nSPS) is 11.4. The molecule has 2 aromatic heterocycles. The maximum atomic E-state index is 11.6. The van der Waals surface area contributed by atoms with Crippen LogP contribution in [0.5, 0.6) is 0 Å². The van der Waals surface area contributed by atoms with Gasteiger partial charge in [-0.05, 0) is 12.5 Å². The van der Waals surface area contributed by atoms with Crippen LogP contribution in [0.25, 0.3) is 5.82 Å². The van der Waals surface area contributed by atoms with E-state index in [0.717, 1.165) is 0 Å². The van der Waals surface area contributed by atoms with Gasteiger partial charge in [0, 0.05) is 18.5 Å². The molecule has 0 aliphatic rings. The lowest BCUT2D eigenvalue weighted by atomic mass is 10.5. The highest BCUT2D eigenvalue weighted by Gasteiger charge is 2.10. The largest absolute Gasteiger partial charge is 0.267 e. The molecule has 0 saturated heterocycles. The zero-order valence-corrected chi connectivity index (χ0v) is 10.6. The van der Waals surface area contributed by atoms with Crippen LogP contribution in [0.15, 0.2) is 30.9 Å². The molecule has 7 nitrogen and oxygen atoms in total. The summed E-state index contributed by atoms with van der Waals surface area (Å²) in [6.45, 7) is 1.80. The summed E-state index contributed by atoms with van der Waals surface area (Å²) in [5.41, 5.74) is 0. The Bertz CT molecular complexity index is 609. The molecule has 1 N–H and O–H groups in total. The van der Waals surface area contributed by atoms with E-state index in [1.165, 1.54) is 17.1 Å². The van der Waals surface area contributed by atoms with Crippen molar-refractivity contribution in [1.82, 2.24) is 19.7 Å². The van der Waals surface area contributed by atoms with E-state index in [9.17, 15) is 8.42 Å². The molecular weight excluding hydrogens is 254 g/mol. The van der Waals surface area contributed by atoms with Gasteiger partial charge in [-0.25, -0.2) is 23.1 Å². The molecule has 0 atom stereocenters. The van der Waals surface area contributed by atoms with Crippen LogP contribution in [0, 0.1) is 0 Å². The summed E-state index contributed by atoms with van der Waals surface area (Å²) >= 11 is 0. The van der Waals surface area contributed by atoms with Gasteiger partial charge in [0.2, 0.25) is 10.0 Å². The first-order chi connectivity index (χ1) is 8.61. The molecule has 0 radical (unpaired) electrons. The van der Waals surface area contributed by atoms with Gasteiger partial charge in [-0.3, -0.25) is 4.72 Å². The van der Waals surface area contributed by atoms with Crippen LogP contribution in [0.3, 0.4) is 0 Å². The van der Waals surface area contributed by atoms with Crippen LogP contribution in [0.2, 0.25) is 0 Å². The maximum Gasteiger partial charge on any atom is 0.233 e. The van der Waals surface area contributed by atoms with Gasteiger partial charge in [-0.15, -0.1) is 0 Å². The monoisotopic (exact) mass is 267 g/mol. The fourth-order valence-electron chi connectivity index (χ4n) is 1.41. The number of hydrogen-bond donors (Lipinski definition) is 1. The summed E-state index contributed by atoms with van der Waals surface area (Å²) in [7, 11) is -3.34. The number of aromatic nitrogens is 4. The second-order valence-electron chi connectivity index (χ2n) is 3.63. The Kier molecular flexibility index (Phi) is 3.56. The molecule has 96 valence electrons. The van der Waals surface area contributed by atoms with Crippen molar-refractivity contribution in [2.75, 3.05) is 10.5 Å². The van der Waals surface area contributed by atoms with Crippen LogP contribution in [-0.4, -0.2) is 33.9 Å². The number of nitrogens with one attached hydrogen (secondary N) is 1. The highest BCUT2D eigenvalue weighted by atomic mass is 32.2. The van der Waals surface area contributed by atoms with Gasteiger partial charge in [-0.2, -0.15) is 5.10 Å². The molecule has 0 saturated carbocycles. The standard InChI is InChI=1S/C10H13N5O2S/c1-2-6-18(16,17)14-9-7-10(12-8-11-9)15-5-3-4-13-15/h3-5,7-8H,2,6H2,1H3,(H,11,12,14). The van der Waals surface area contributed by atoms with E-state index in [2.05, 4.69) is 19.8 Å². The number of anilines is 1. The zero-order chi connectivity index (χ0) is 13.0. The lowest BCUT2D eigenvalue weighted by Gasteiger charge is -2.07. The molecule has 2 heterocycles. The van der Waals surface area contributed by atoms with Gasteiger partial charge < -0.3 is 0 Å². The van der Waals surface area contributed by atoms with Crippen molar-refractivity contribution in [3.05, 3.63) is 30.9 Å². The smallest absolute Gasteiger partial charge is 0.233 e. The molecule has 0 fully saturated rings. The fraction of sp³-hybridized carbons (Fsp3) is 0.300. The van der Waals surface area contributed by atoms with E-state index >= 15 is 0 Å². The lowest BCUT2D eigenvalue weighted by molar-refractivity contribution is 0.599. The Hall–Kier alpha value is -1.96. The SMILES string of the molecule is CCCS(=O)(=O)Nc1cc(-n2cccn2)ncn1. The number of hydrogen-bond acceptors (Lipinski definition) is 5. The molecule has 0 unspecified atom stereocenters. The van der Waals surface area contributed by atoms with Crippen molar-refractivity contribution in [3.8, 4) is 5.82 Å². The Morgan fingerprint density at radius 2 is 2.22 bits per heavy atom. The van der Waals surface area contributed by atoms with Crippen molar-refractivity contribution in [2.45, 2.75) is 13.3 Å². The first-order valence-corrected chi connectivity index (χ1v) is 7.08. The molecule has 0 spiro atoms. The third-order valence-corrected chi connectivity index (χ3v) is 3.59. The molecule has 0 aliphatic heterocycles. The predicted octanol–water partition coefficient (Wildman–Crippen LogP) is 0.814. The molecule has 8 heteroatoms. The summed E-state index contributed by atoms with van der Waals surface area (Å²) in [6, 6.07) is 3.28. The average molecular weight is 267 g/mol. The first kappa shape index (κ1) is 12.5. The second kappa shape index (κ2) is 5.13. The topological polar surface area (TPSA) is 89.8 Å². The summed E-state index contributed by atoms with van der Waals surface area (Å²) in [5, 5.41) is 4.01. The quantitative estimate of drug-likeness (QED) is 0.866. The number of nitrogens with zero attached hydrogens (tertiary/aromatic N) is 4. The summed E-state index contributed by atoms with van der Waals surface area (Å²) in [5.74, 6) is 0.807. The zero-order valence-electron chi connectivity index (χ0n) is 9.81. The van der Waals surface area contributed by atoms with Crippen molar-refractivity contribution in [2.24, 2.45) is 0 Å². The maximum absolute atomic E-state index is 11.6. The minimum atomic E-state index is -3.34. The molecule has 0 aliphatic carbocycles. The van der Waals surface area contributed by atoms with Gasteiger partial charge in [0.05, 0.1) is 5.75 Å². The van der Waals surface area contributed by atoms with E-state index in [1.54, 1.807) is 25.4 Å². The Morgan fingerprint density at radius 1 is 1.39 bits per heavy atom. The van der Waals surface area contributed by atoms with E-state index in [4.69, 9.17) is 0 Å². The number of rotatable bonds is 5. The molecule has 2 rings (SSSR count). The summed E-state index contributed by atoms with van der Waals surface area (Å²) in [6.07, 6.45) is 5.17. The third-order valence-electron chi connectivity index (χ3n) is 2.12. The van der Waals surface area contributed by atoms with E-state index in [0.29, 0.717) is 12.2 Å². The summed E-state index contributed by atoms with van der Waals surface area (Å²) in [4.78, 5) is 7.89. The second-order valence-corrected chi connectivity index (χ2v) is 5.47. The van der Waals surface area contributed by atoms with Crippen molar-refractivity contribution < 1.29 is 8.42 Å². The van der Waals surface area contributed by atoms with Crippen molar-refractivity contribution >= 4 is 15.8 Å². The first-order valence-electron chi connectivity index (χ1n) is 5.43. The van der Waals surface area contributed by atoms with Crippen LogP contribution in [-0.2, 0) is 10.0 Å². The minimum Gasteiger partial charge on any atom is -0.267 e. The van der Waals surface area contributed by atoms with E-state index in [1.807, 2.05) is 0 Å². The van der Waals surface area contributed by atoms with Gasteiger partial charge in [0.15, 0.2) is 5.82 Å². The molecule has 2 aromatic rings. The Labute approximate surface area is 105 Å². The van der Waals surface area contributed by atoms with E-state index < -0.39 is 10.0 Å². The Balaban J connectivity index is 2.23. The van der Waals surface area contributed by atoms with Crippen LogP contribution < -0.4 is 4.72 Å². The van der Waals surface area contributed by atoms with Crippen LogP contribution in [0.4, 0.5) is 5.82 Å². The minimum absolute atomic E-state index is 0.0636. The van der Waals surface area contributed by atoms with Gasteiger partial charge >= 0.3 is 0 Å². The van der Waals surface area contributed by atoms with Crippen LogP contribution >= 0.6 is 0 Å². The fourth-order valence-corrected chi connectivity index (χ4v) is 2.48.